The monoisotopic (exact) mass is 771 g/mol. The van der Waals surface area contributed by atoms with Crippen LogP contribution < -0.4 is 20.0 Å². The van der Waals surface area contributed by atoms with Gasteiger partial charge >= 0.3 is 5.97 Å². The van der Waals surface area contributed by atoms with Crippen molar-refractivity contribution in [1.29, 1.82) is 0 Å². The molecule has 0 spiro atoms. The van der Waals surface area contributed by atoms with Gasteiger partial charge in [0.25, 0.3) is 14.2 Å². The van der Waals surface area contributed by atoms with E-state index in [1.807, 2.05) is 48.5 Å². The van der Waals surface area contributed by atoms with Crippen LogP contribution in [-0.2, 0) is 25.4 Å². The summed E-state index contributed by atoms with van der Waals surface area (Å²) in [7, 11) is -2.57. The number of amides is 2. The molecule has 0 atom stereocenters. The highest BCUT2D eigenvalue weighted by Gasteiger charge is 2.50. The molecular weight excluding hydrogens is 726 g/mol. The third-order valence-corrected chi connectivity index (χ3v) is 15.0. The van der Waals surface area contributed by atoms with Gasteiger partial charge in [0.2, 0.25) is 5.91 Å². The Balaban J connectivity index is 0.975. The average Bonchev–Trinajstić information content (AvgIpc) is 3.47. The third kappa shape index (κ3) is 9.34. The lowest BCUT2D eigenvalue weighted by Gasteiger charge is -2.43. The number of anilines is 1. The van der Waals surface area contributed by atoms with Crippen LogP contribution >= 0.6 is 11.6 Å². The Bertz CT molecular complexity index is 2090. The van der Waals surface area contributed by atoms with Gasteiger partial charge in [-0.1, -0.05) is 129 Å². The number of carbonyl (C=O) groups excluding carboxylic acids is 3. The maximum absolute atomic E-state index is 13.2. The van der Waals surface area contributed by atoms with Crippen molar-refractivity contribution in [1.82, 2.24) is 0 Å². The summed E-state index contributed by atoms with van der Waals surface area (Å²) in [5.74, 6) is -0.496. The van der Waals surface area contributed by atoms with Crippen LogP contribution in [0.3, 0.4) is 0 Å². The van der Waals surface area contributed by atoms with E-state index in [0.717, 1.165) is 29.7 Å². The lowest BCUT2D eigenvalue weighted by Crippen LogP contribution is -2.66. The number of esters is 1. The highest BCUT2D eigenvalue weighted by Crippen LogP contribution is 2.37. The van der Waals surface area contributed by atoms with E-state index in [2.05, 4.69) is 69.3 Å². The van der Waals surface area contributed by atoms with Gasteiger partial charge < -0.3 is 13.9 Å². The zero-order valence-corrected chi connectivity index (χ0v) is 33.3. The smallest absolute Gasteiger partial charge is 0.338 e. The molecule has 7 nitrogen and oxygen atoms in total. The zero-order chi connectivity index (χ0) is 38.8. The number of unbranched alkanes of at least 4 members (excludes halogenated alkanes) is 2. The Morgan fingerprint density at radius 2 is 1.40 bits per heavy atom. The van der Waals surface area contributed by atoms with E-state index in [0.29, 0.717) is 46.4 Å². The van der Waals surface area contributed by atoms with E-state index in [4.69, 9.17) is 25.5 Å². The van der Waals surface area contributed by atoms with Crippen molar-refractivity contribution in [2.75, 3.05) is 18.1 Å². The summed E-state index contributed by atoms with van der Waals surface area (Å²) in [4.78, 5) is 40.0. The fourth-order valence-electron chi connectivity index (χ4n) is 7.00. The fraction of sp³-hybridized carbons (Fsp3) is 0.239. The quantitative estimate of drug-likeness (QED) is 0.0347. The van der Waals surface area contributed by atoms with Crippen molar-refractivity contribution in [2.45, 2.75) is 58.1 Å². The zero-order valence-electron chi connectivity index (χ0n) is 31.5. The van der Waals surface area contributed by atoms with Crippen LogP contribution in [0.2, 0.25) is 10.1 Å². The first kappa shape index (κ1) is 39.4. The van der Waals surface area contributed by atoms with Crippen LogP contribution in [0.1, 0.15) is 67.9 Å². The first-order chi connectivity index (χ1) is 26.6. The lowest BCUT2D eigenvalue weighted by atomic mass is 10.1. The van der Waals surface area contributed by atoms with Crippen molar-refractivity contribution in [2.24, 2.45) is 0 Å². The van der Waals surface area contributed by atoms with Gasteiger partial charge in [0, 0.05) is 22.8 Å². The molecule has 1 aliphatic heterocycles. The molecule has 5 aromatic rings. The summed E-state index contributed by atoms with van der Waals surface area (Å²) in [5.41, 5.74) is 2.82. The number of imide groups is 1. The van der Waals surface area contributed by atoms with E-state index < -0.39 is 8.32 Å². The predicted molar refractivity (Wildman–Crippen MR) is 221 cm³/mol. The Kier molecular flexibility index (Phi) is 12.8. The van der Waals surface area contributed by atoms with Gasteiger partial charge in [-0.3, -0.25) is 9.59 Å². The van der Waals surface area contributed by atoms with E-state index in [1.54, 1.807) is 42.5 Å². The number of nitrogens with zero attached hydrogens (tertiary/aromatic N) is 1. The Hall–Kier alpha value is -5.28. The molecule has 5 aromatic carbocycles. The van der Waals surface area contributed by atoms with Crippen LogP contribution in [0, 0.1) is 0 Å². The van der Waals surface area contributed by atoms with Crippen LogP contribution in [0.4, 0.5) is 5.69 Å². The van der Waals surface area contributed by atoms with Crippen molar-refractivity contribution >= 4 is 59.8 Å². The average molecular weight is 772 g/mol. The second-order valence-electron chi connectivity index (χ2n) is 14.6. The van der Waals surface area contributed by atoms with Gasteiger partial charge in [-0.2, -0.15) is 0 Å². The van der Waals surface area contributed by atoms with Gasteiger partial charge in [0.1, 0.15) is 12.4 Å². The minimum Gasteiger partial charge on any atom is -0.488 e. The Morgan fingerprint density at radius 3 is 2.05 bits per heavy atom. The third-order valence-electron chi connectivity index (χ3n) is 9.73. The van der Waals surface area contributed by atoms with Crippen LogP contribution in [0.25, 0.3) is 6.08 Å². The number of rotatable bonds is 15. The molecule has 0 N–H and O–H groups in total. The normalized spacial score (nSPS) is 14.0. The van der Waals surface area contributed by atoms with Crippen molar-refractivity contribution in [3.05, 3.63) is 161 Å². The molecule has 2 amide bonds. The second-order valence-corrected chi connectivity index (χ2v) is 19.3. The molecule has 9 heteroatoms. The molecule has 1 saturated heterocycles. The SMILES string of the molecule is CC(C)(C)[Si](OCCCCCOC(=O)c1ccc(COc2ccccc2/C=C2\CC(=O)N(c3cccc(Cl)c3)C2=O)cc1)(c1ccccc1)c1ccccc1. The van der Waals surface area contributed by atoms with Crippen molar-refractivity contribution in [3.8, 4) is 5.75 Å². The second kappa shape index (κ2) is 17.9. The van der Waals surface area contributed by atoms with Gasteiger partial charge in [0.15, 0.2) is 0 Å². The number of ether oxygens (including phenoxy) is 2. The summed E-state index contributed by atoms with van der Waals surface area (Å²) < 4.78 is 18.7. The van der Waals surface area contributed by atoms with Crippen LogP contribution in [0.5, 0.6) is 5.75 Å². The highest BCUT2D eigenvalue weighted by molar-refractivity contribution is 6.99. The molecule has 0 aromatic heterocycles. The molecule has 55 heavy (non-hydrogen) atoms. The van der Waals surface area contributed by atoms with Gasteiger partial charge in [0.05, 0.1) is 24.3 Å². The molecule has 0 aliphatic carbocycles. The van der Waals surface area contributed by atoms with Crippen molar-refractivity contribution < 1.29 is 28.3 Å². The van der Waals surface area contributed by atoms with E-state index in [-0.39, 0.29) is 35.8 Å². The Labute approximate surface area is 329 Å². The molecule has 1 fully saturated rings. The Morgan fingerprint density at radius 1 is 0.764 bits per heavy atom. The van der Waals surface area contributed by atoms with Gasteiger partial charge in [-0.25, -0.2) is 9.69 Å². The minimum atomic E-state index is -2.57. The highest BCUT2D eigenvalue weighted by atomic mass is 35.5. The fourth-order valence-corrected chi connectivity index (χ4v) is 11.8. The maximum Gasteiger partial charge on any atom is 0.338 e. The van der Waals surface area contributed by atoms with E-state index in [9.17, 15) is 14.4 Å². The number of benzene rings is 5. The minimum absolute atomic E-state index is 0.0192. The van der Waals surface area contributed by atoms with Gasteiger partial charge in [-0.15, -0.1) is 0 Å². The first-order valence-corrected chi connectivity index (χ1v) is 20.9. The number of carbonyl (C=O) groups is 3. The summed E-state index contributed by atoms with van der Waals surface area (Å²) >= 11 is 6.10. The van der Waals surface area contributed by atoms with Crippen molar-refractivity contribution in [3.63, 3.8) is 0 Å². The van der Waals surface area contributed by atoms with Crippen LogP contribution in [-0.4, -0.2) is 39.3 Å². The number of hydrogen-bond donors (Lipinski definition) is 0. The molecular formula is C46H46ClNO6Si. The molecule has 0 radical (unpaired) electrons. The molecule has 0 bridgehead atoms. The van der Waals surface area contributed by atoms with E-state index in [1.165, 1.54) is 10.4 Å². The predicted octanol–water partition coefficient (Wildman–Crippen LogP) is 9.17. The summed E-state index contributed by atoms with van der Waals surface area (Å²) in [6, 6.07) is 42.4. The van der Waals surface area contributed by atoms with Gasteiger partial charge in [-0.05, 0) is 82.7 Å². The summed E-state index contributed by atoms with van der Waals surface area (Å²) in [5, 5.41) is 2.90. The topological polar surface area (TPSA) is 82.1 Å². The molecule has 282 valence electrons. The maximum atomic E-state index is 13.2. The lowest BCUT2D eigenvalue weighted by molar-refractivity contribution is -0.120. The van der Waals surface area contributed by atoms with E-state index >= 15 is 0 Å². The number of para-hydroxylation sites is 1. The first-order valence-electron chi connectivity index (χ1n) is 18.6. The molecule has 1 heterocycles. The molecule has 1 aliphatic rings. The number of hydrogen-bond acceptors (Lipinski definition) is 6. The summed E-state index contributed by atoms with van der Waals surface area (Å²) in [6.45, 7) is 8.04. The largest absolute Gasteiger partial charge is 0.488 e. The molecule has 6 rings (SSSR count). The number of halogens is 1. The standard InChI is InChI=1S/C46H46ClNO6Si/c1-46(2,3)55(40-19-7-4-8-20-40,41-21-9-5-10-22-41)54-29-14-6-13-28-52-45(51)35-26-24-34(25-27-35)33-53-42-23-12-11-16-36(42)30-37-31-43(49)48(44(37)50)39-18-15-17-38(47)32-39/h4-5,7-12,15-27,30,32H,6,13-14,28-29,31,33H2,1-3H3/b37-30+. The molecule has 0 unspecified atom stereocenters. The molecule has 0 saturated carbocycles. The van der Waals surface area contributed by atoms with Crippen LogP contribution in [0.15, 0.2) is 139 Å². The summed E-state index contributed by atoms with van der Waals surface area (Å²) in [6.07, 6.45) is 4.17.